The van der Waals surface area contributed by atoms with Gasteiger partial charge in [-0.1, -0.05) is 103 Å². The molecule has 0 amide bonds. The van der Waals surface area contributed by atoms with Gasteiger partial charge in [-0.25, -0.2) is 0 Å². The van der Waals surface area contributed by atoms with E-state index in [1.54, 1.807) is 17.7 Å². The van der Waals surface area contributed by atoms with E-state index in [0.29, 0.717) is 17.8 Å². The zero-order valence-corrected chi connectivity index (χ0v) is 40.2. The van der Waals surface area contributed by atoms with Crippen LogP contribution in [0.25, 0.3) is 0 Å². The minimum absolute atomic E-state index is 0.101. The van der Waals surface area contributed by atoms with Crippen molar-refractivity contribution in [3.63, 3.8) is 0 Å². The first kappa shape index (κ1) is 46.4. The summed E-state index contributed by atoms with van der Waals surface area (Å²) in [4.78, 5) is 0.236. The van der Waals surface area contributed by atoms with Gasteiger partial charge in [0.15, 0.2) is 16.6 Å². The third kappa shape index (κ3) is 11.3. The van der Waals surface area contributed by atoms with E-state index in [-0.39, 0.29) is 39.6 Å². The predicted octanol–water partition coefficient (Wildman–Crippen LogP) is 13.7. The molecule has 3 fully saturated rings. The second kappa shape index (κ2) is 18.3. The molecule has 0 N–H and O–H groups in total. The monoisotopic (exact) mass is 813 g/mol. The van der Waals surface area contributed by atoms with Gasteiger partial charge in [-0.2, -0.15) is 8.42 Å². The van der Waals surface area contributed by atoms with Crippen LogP contribution in [0.5, 0.6) is 0 Å². The molecule has 8 heteroatoms. The molecule has 1 aromatic rings. The molecule has 0 saturated heterocycles. The highest BCUT2D eigenvalue weighted by molar-refractivity contribution is 7.86. The summed E-state index contributed by atoms with van der Waals surface area (Å²) in [6.07, 6.45) is 15.9. The number of hydrogen-bond acceptors (Lipinski definition) is 5. The lowest BCUT2D eigenvalue weighted by Gasteiger charge is -2.46. The van der Waals surface area contributed by atoms with Crippen LogP contribution in [0.1, 0.15) is 139 Å². The van der Waals surface area contributed by atoms with Crippen molar-refractivity contribution in [3.05, 3.63) is 65.3 Å². The zero-order valence-electron chi connectivity index (χ0n) is 37.4. The average Bonchev–Trinajstić information content (AvgIpc) is 3.47. The summed E-state index contributed by atoms with van der Waals surface area (Å²) in [7, 11) is -7.53. The van der Waals surface area contributed by atoms with Crippen LogP contribution < -0.4 is 0 Å². The van der Waals surface area contributed by atoms with Crippen molar-refractivity contribution in [1.82, 2.24) is 0 Å². The van der Waals surface area contributed by atoms with E-state index in [2.05, 4.69) is 101 Å². The van der Waals surface area contributed by atoms with Gasteiger partial charge in [0, 0.05) is 6.10 Å². The summed E-state index contributed by atoms with van der Waals surface area (Å²) in [5.41, 5.74) is 5.18. The van der Waals surface area contributed by atoms with Gasteiger partial charge in [0.05, 0.1) is 17.1 Å². The van der Waals surface area contributed by atoms with Crippen molar-refractivity contribution in [3.8, 4) is 0 Å². The number of rotatable bonds is 17. The number of benzene rings is 1. The molecule has 3 aliphatic rings. The molecular weight excluding hydrogens is 733 g/mol. The Hall–Kier alpha value is -1.30. The molecule has 0 heterocycles. The lowest BCUT2D eigenvalue weighted by Crippen LogP contribution is -2.45. The van der Waals surface area contributed by atoms with E-state index in [1.807, 2.05) is 19.1 Å². The van der Waals surface area contributed by atoms with Crippen LogP contribution in [-0.2, 0) is 23.2 Å². The average molecular weight is 813 g/mol. The fraction of sp³-hybridized carbons (Fsp3) is 0.745. The van der Waals surface area contributed by atoms with E-state index >= 15 is 0 Å². The van der Waals surface area contributed by atoms with Gasteiger partial charge >= 0.3 is 0 Å². The third-order valence-electron chi connectivity index (χ3n) is 15.1. The van der Waals surface area contributed by atoms with E-state index in [1.165, 1.54) is 36.8 Å². The number of allylic oxidation sites excluding steroid dienone is 4. The van der Waals surface area contributed by atoms with Gasteiger partial charge in [0.1, 0.15) is 0 Å². The zero-order chi connectivity index (χ0) is 41.0. The van der Waals surface area contributed by atoms with Crippen molar-refractivity contribution in [2.45, 2.75) is 193 Å². The van der Waals surface area contributed by atoms with Crippen LogP contribution in [0.3, 0.4) is 0 Å². The van der Waals surface area contributed by atoms with Gasteiger partial charge in [-0.15, -0.1) is 0 Å². The molecular formula is C47H80O5SSi2. The van der Waals surface area contributed by atoms with Crippen LogP contribution in [-0.4, -0.2) is 43.4 Å². The highest BCUT2D eigenvalue weighted by atomic mass is 32.2. The Morgan fingerprint density at radius 2 is 1.60 bits per heavy atom. The Morgan fingerprint density at radius 1 is 0.964 bits per heavy atom. The summed E-state index contributed by atoms with van der Waals surface area (Å²) in [5.74, 6) is 1.46. The Kier molecular flexibility index (Phi) is 15.5. The van der Waals surface area contributed by atoms with Crippen molar-refractivity contribution >= 4 is 26.8 Å². The molecule has 3 aliphatic carbocycles. The third-order valence-corrected chi connectivity index (χ3v) is 25.8. The molecule has 0 unspecified atom stereocenters. The predicted molar refractivity (Wildman–Crippen MR) is 238 cm³/mol. The largest absolute Gasteiger partial charge is 0.414 e. The molecule has 0 aliphatic heterocycles. The van der Waals surface area contributed by atoms with Gasteiger partial charge in [0.2, 0.25) is 0 Å². The molecule has 5 nitrogen and oxygen atoms in total. The first-order chi connectivity index (χ1) is 25.5. The topological polar surface area (TPSA) is 61.8 Å². The van der Waals surface area contributed by atoms with Crippen LogP contribution in [0.4, 0.5) is 0 Å². The Labute approximate surface area is 340 Å². The van der Waals surface area contributed by atoms with E-state index < -0.39 is 26.8 Å². The van der Waals surface area contributed by atoms with Crippen molar-refractivity contribution in [1.29, 1.82) is 0 Å². The maximum Gasteiger partial charge on any atom is 0.296 e. The van der Waals surface area contributed by atoms with E-state index in [9.17, 15) is 8.42 Å². The maximum absolute atomic E-state index is 13.5. The number of aryl methyl sites for hydroxylation is 1. The Bertz CT molecular complexity index is 1610. The molecule has 55 heavy (non-hydrogen) atoms. The molecule has 3 saturated carbocycles. The highest BCUT2D eigenvalue weighted by Crippen LogP contribution is 2.60. The van der Waals surface area contributed by atoms with Gasteiger partial charge in [-0.05, 0) is 168 Å². The maximum atomic E-state index is 13.5. The van der Waals surface area contributed by atoms with E-state index in [4.69, 9.17) is 13.0 Å². The van der Waals surface area contributed by atoms with Crippen molar-refractivity contribution in [2.75, 3.05) is 6.61 Å². The quantitative estimate of drug-likeness (QED) is 0.116. The minimum Gasteiger partial charge on any atom is -0.414 e. The molecule has 0 radical (unpaired) electrons. The van der Waals surface area contributed by atoms with Crippen molar-refractivity contribution < 1.29 is 21.5 Å². The molecule has 1 aromatic carbocycles. The summed E-state index contributed by atoms with van der Waals surface area (Å²) < 4.78 is 47.0. The molecule has 0 bridgehead atoms. The standard InChI is InChI=1S/C47H80O5SSi2/c1-15-55(16-2,17-3)52-46(10,11)32-30-40(34-50-53(48,49)42-26-20-35(4)21-27-42)37(6)43-28-29-44-38(19-18-31-47(43,44)12)23-24-39-33-41(25-22-36(39)5)51-54(13,14)45(7,8)9/h20-21,23-24,26-27,37,40-41,43-44H,5,15-19,22,25,28-34H2,1-4,6-14H3/b38-23+,39-24-/t37-,40-,41+,43-,44+,47-/m1/s1. The normalized spacial score (nSPS) is 27.1. The second-order valence-corrected chi connectivity index (χ2v) is 31.3. The molecule has 6 atom stereocenters. The Balaban J connectivity index is 1.56. The van der Waals surface area contributed by atoms with Crippen LogP contribution >= 0.6 is 0 Å². The molecule has 0 aromatic heterocycles. The molecule has 312 valence electrons. The van der Waals surface area contributed by atoms with Gasteiger partial charge in [0.25, 0.3) is 10.1 Å². The second-order valence-electron chi connectivity index (χ2n) is 20.2. The fourth-order valence-corrected chi connectivity index (χ4v) is 15.7. The molecule has 0 spiro atoms. The Morgan fingerprint density at radius 3 is 2.20 bits per heavy atom. The van der Waals surface area contributed by atoms with E-state index in [0.717, 1.165) is 62.2 Å². The number of fused-ring (bicyclic) bond motifs is 1. The van der Waals surface area contributed by atoms with Crippen molar-refractivity contribution in [2.24, 2.45) is 29.1 Å². The molecule has 4 rings (SSSR count). The lowest BCUT2D eigenvalue weighted by atomic mass is 9.59. The first-order valence-electron chi connectivity index (χ1n) is 21.9. The summed E-state index contributed by atoms with van der Waals surface area (Å²) in [5, 5.41) is 0.201. The SMILES string of the molecule is C=C1CC[C@H](O[Si](C)(C)C(C)(C)C)C/C1=C/C=C1\CCC[C@]2(C)[C@@H]([C@H](C)[C@H](CCC(C)(C)O[Si](CC)(CC)CC)COS(=O)(=O)c3ccc(C)cc3)CC[C@@H]12. The van der Waals surface area contributed by atoms with Crippen LogP contribution in [0.2, 0.25) is 36.3 Å². The summed E-state index contributed by atoms with van der Waals surface area (Å²) in [6, 6.07) is 10.4. The van der Waals surface area contributed by atoms with Gasteiger partial charge < -0.3 is 8.85 Å². The van der Waals surface area contributed by atoms with Crippen LogP contribution in [0, 0.1) is 36.0 Å². The first-order valence-corrected chi connectivity index (χ1v) is 28.8. The fourth-order valence-electron chi connectivity index (χ4n) is 10.1. The summed E-state index contributed by atoms with van der Waals surface area (Å²) in [6.45, 7) is 34.7. The minimum atomic E-state index is -3.87. The van der Waals surface area contributed by atoms with Crippen LogP contribution in [0.15, 0.2) is 64.6 Å². The lowest BCUT2D eigenvalue weighted by molar-refractivity contribution is 0.0359. The summed E-state index contributed by atoms with van der Waals surface area (Å²) >= 11 is 0. The smallest absolute Gasteiger partial charge is 0.296 e. The number of hydrogen-bond donors (Lipinski definition) is 0. The van der Waals surface area contributed by atoms with Gasteiger partial charge in [-0.3, -0.25) is 4.18 Å². The highest BCUT2D eigenvalue weighted by Gasteiger charge is 2.52.